The van der Waals surface area contributed by atoms with Crippen molar-refractivity contribution in [1.29, 1.82) is 0 Å². The summed E-state index contributed by atoms with van der Waals surface area (Å²) in [6.07, 6.45) is 3.74. The Morgan fingerprint density at radius 3 is 3.31 bits per heavy atom. The van der Waals surface area contributed by atoms with Crippen molar-refractivity contribution in [2.75, 3.05) is 0 Å². The molecule has 1 atom stereocenters. The van der Waals surface area contributed by atoms with Gasteiger partial charge in [-0.1, -0.05) is 0 Å². The van der Waals surface area contributed by atoms with E-state index in [0.717, 1.165) is 11.3 Å². The smallest absolute Gasteiger partial charge is 0.316 e. The van der Waals surface area contributed by atoms with E-state index in [2.05, 4.69) is 9.97 Å². The Morgan fingerprint density at radius 2 is 2.54 bits per heavy atom. The van der Waals surface area contributed by atoms with Gasteiger partial charge in [-0.3, -0.25) is 4.79 Å². The number of carboxylic acid groups (broad SMARTS) is 1. The number of carboxylic acids is 1. The van der Waals surface area contributed by atoms with Crippen molar-refractivity contribution in [3.05, 3.63) is 23.8 Å². The van der Waals surface area contributed by atoms with Crippen molar-refractivity contribution < 1.29 is 9.90 Å². The predicted molar refractivity (Wildman–Crippen MR) is 48.5 cm³/mol. The summed E-state index contributed by atoms with van der Waals surface area (Å²) in [4.78, 5) is 18.7. The van der Waals surface area contributed by atoms with Gasteiger partial charge in [-0.15, -0.1) is 11.8 Å². The first-order valence-electron chi connectivity index (χ1n) is 3.89. The van der Waals surface area contributed by atoms with Crippen LogP contribution in [0.4, 0.5) is 0 Å². The molecule has 1 N–H and O–H groups in total. The molecule has 0 saturated heterocycles. The molecule has 13 heavy (non-hydrogen) atoms. The molecule has 0 bridgehead atoms. The number of rotatable bonds is 1. The zero-order chi connectivity index (χ0) is 9.26. The summed E-state index contributed by atoms with van der Waals surface area (Å²) in [7, 11) is 0. The first-order chi connectivity index (χ1) is 6.27. The zero-order valence-electron chi connectivity index (χ0n) is 6.80. The lowest BCUT2D eigenvalue weighted by Crippen LogP contribution is -2.24. The highest BCUT2D eigenvalue weighted by atomic mass is 32.2. The third-order valence-corrected chi connectivity index (χ3v) is 3.19. The molecule has 0 fully saturated rings. The third kappa shape index (κ3) is 1.65. The quantitative estimate of drug-likeness (QED) is 0.717. The van der Waals surface area contributed by atoms with Crippen LogP contribution < -0.4 is 0 Å². The maximum Gasteiger partial charge on any atom is 0.316 e. The lowest BCUT2D eigenvalue weighted by Gasteiger charge is -2.19. The summed E-state index contributed by atoms with van der Waals surface area (Å²) in [5.41, 5.74) is 1.94. The summed E-state index contributed by atoms with van der Waals surface area (Å²) >= 11 is 1.42. The van der Waals surface area contributed by atoms with E-state index >= 15 is 0 Å². The zero-order valence-corrected chi connectivity index (χ0v) is 7.62. The van der Waals surface area contributed by atoms with E-state index in [4.69, 9.17) is 5.11 Å². The van der Waals surface area contributed by atoms with Gasteiger partial charge in [0, 0.05) is 11.9 Å². The third-order valence-electron chi connectivity index (χ3n) is 1.98. The van der Waals surface area contributed by atoms with Crippen molar-refractivity contribution in [3.63, 3.8) is 0 Å². The summed E-state index contributed by atoms with van der Waals surface area (Å²) in [5, 5.41) is 8.47. The van der Waals surface area contributed by atoms with Gasteiger partial charge in [0.15, 0.2) is 0 Å². The number of nitrogens with zero attached hydrogens (tertiary/aromatic N) is 2. The lowest BCUT2D eigenvalue weighted by molar-refractivity contribution is -0.136. The largest absolute Gasteiger partial charge is 0.480 e. The number of carbonyl (C=O) groups is 1. The molecule has 1 aromatic heterocycles. The molecule has 68 valence electrons. The number of aromatic nitrogens is 2. The molecule has 0 amide bonds. The topological polar surface area (TPSA) is 63.1 Å². The van der Waals surface area contributed by atoms with Crippen LogP contribution in [-0.4, -0.2) is 26.3 Å². The van der Waals surface area contributed by atoms with Crippen LogP contribution in [0.3, 0.4) is 0 Å². The second-order valence-electron chi connectivity index (χ2n) is 2.84. The highest BCUT2D eigenvalue weighted by molar-refractivity contribution is 7.99. The molecule has 1 aliphatic heterocycles. The molecule has 0 aromatic carbocycles. The molecule has 2 rings (SSSR count). The van der Waals surface area contributed by atoms with Crippen LogP contribution >= 0.6 is 11.8 Å². The normalized spacial score (nSPS) is 20.8. The molecule has 1 unspecified atom stereocenters. The predicted octanol–water partition coefficient (Wildman–Crippen LogP) is 0.719. The van der Waals surface area contributed by atoms with Crippen LogP contribution in [0.15, 0.2) is 12.5 Å². The Labute approximate surface area is 79.4 Å². The fourth-order valence-corrected chi connectivity index (χ4v) is 2.34. The second-order valence-corrected chi connectivity index (χ2v) is 4.03. The van der Waals surface area contributed by atoms with E-state index in [1.165, 1.54) is 18.1 Å². The van der Waals surface area contributed by atoms with Gasteiger partial charge in [0.2, 0.25) is 0 Å². The second kappa shape index (κ2) is 3.33. The van der Waals surface area contributed by atoms with Crippen LogP contribution in [0.2, 0.25) is 0 Å². The highest BCUT2D eigenvalue weighted by Crippen LogP contribution is 2.28. The van der Waals surface area contributed by atoms with Gasteiger partial charge in [-0.25, -0.2) is 9.97 Å². The molecule has 1 aliphatic rings. The summed E-state index contributed by atoms with van der Waals surface area (Å²) in [5.74, 6) is -0.0750. The van der Waals surface area contributed by atoms with Gasteiger partial charge in [0.25, 0.3) is 0 Å². The number of hydrogen-bond acceptors (Lipinski definition) is 4. The minimum atomic E-state index is -0.750. The Kier molecular flexibility index (Phi) is 2.18. The molecule has 0 aliphatic carbocycles. The van der Waals surface area contributed by atoms with Crippen molar-refractivity contribution in [3.8, 4) is 0 Å². The van der Waals surface area contributed by atoms with Crippen LogP contribution in [0.25, 0.3) is 0 Å². The van der Waals surface area contributed by atoms with Crippen molar-refractivity contribution >= 4 is 17.7 Å². The van der Waals surface area contributed by atoms with E-state index in [9.17, 15) is 4.79 Å². The molecule has 5 heteroatoms. The molecular formula is C8H8N2O2S. The Bertz CT molecular complexity index is 343. The maximum atomic E-state index is 10.7. The van der Waals surface area contributed by atoms with Crippen molar-refractivity contribution in [2.45, 2.75) is 17.4 Å². The average Bonchev–Trinajstić information content (AvgIpc) is 2.17. The van der Waals surface area contributed by atoms with Gasteiger partial charge in [0.05, 0.1) is 5.69 Å². The molecular weight excluding hydrogens is 188 g/mol. The SMILES string of the molecule is O=C(O)C1Cc2cncnc2CS1. The first-order valence-corrected chi connectivity index (χ1v) is 4.94. The molecule has 0 spiro atoms. The van der Waals surface area contributed by atoms with Gasteiger partial charge >= 0.3 is 5.97 Å². The van der Waals surface area contributed by atoms with E-state index in [0.29, 0.717) is 12.2 Å². The maximum absolute atomic E-state index is 10.7. The molecule has 1 aromatic rings. The number of hydrogen-bond donors (Lipinski definition) is 1. The van der Waals surface area contributed by atoms with Crippen LogP contribution in [0, 0.1) is 0 Å². The van der Waals surface area contributed by atoms with Crippen molar-refractivity contribution in [1.82, 2.24) is 9.97 Å². The number of fused-ring (bicyclic) bond motifs is 1. The minimum Gasteiger partial charge on any atom is -0.480 e. The monoisotopic (exact) mass is 196 g/mol. The van der Waals surface area contributed by atoms with E-state index in [-0.39, 0.29) is 5.25 Å². The summed E-state index contributed by atoms with van der Waals surface area (Å²) in [6.45, 7) is 0. The Hall–Kier alpha value is -1.10. The fourth-order valence-electron chi connectivity index (χ4n) is 1.28. The highest BCUT2D eigenvalue weighted by Gasteiger charge is 2.25. The summed E-state index contributed by atoms with van der Waals surface area (Å²) < 4.78 is 0. The Balaban J connectivity index is 2.24. The van der Waals surface area contributed by atoms with Gasteiger partial charge in [0.1, 0.15) is 11.6 Å². The van der Waals surface area contributed by atoms with Crippen LogP contribution in [-0.2, 0) is 17.0 Å². The molecule has 4 nitrogen and oxygen atoms in total. The Morgan fingerprint density at radius 1 is 1.69 bits per heavy atom. The van der Waals surface area contributed by atoms with E-state index in [1.54, 1.807) is 6.20 Å². The van der Waals surface area contributed by atoms with Crippen molar-refractivity contribution in [2.24, 2.45) is 0 Å². The van der Waals surface area contributed by atoms with E-state index < -0.39 is 5.97 Å². The number of thioether (sulfide) groups is 1. The van der Waals surface area contributed by atoms with Gasteiger partial charge in [-0.05, 0) is 12.0 Å². The minimum absolute atomic E-state index is 0.335. The number of aliphatic carboxylic acids is 1. The van der Waals surface area contributed by atoms with Gasteiger partial charge in [-0.2, -0.15) is 0 Å². The van der Waals surface area contributed by atoms with Crippen LogP contribution in [0.1, 0.15) is 11.3 Å². The summed E-state index contributed by atoms with van der Waals surface area (Å²) in [6, 6.07) is 0. The first kappa shape index (κ1) is 8.50. The average molecular weight is 196 g/mol. The molecule has 0 radical (unpaired) electrons. The van der Waals surface area contributed by atoms with Crippen LogP contribution in [0.5, 0.6) is 0 Å². The fraction of sp³-hybridized carbons (Fsp3) is 0.375. The lowest BCUT2D eigenvalue weighted by atomic mass is 10.1. The van der Waals surface area contributed by atoms with E-state index in [1.807, 2.05) is 0 Å². The molecule has 0 saturated carbocycles. The molecule has 2 heterocycles. The standard InChI is InChI=1S/C8H8N2O2S/c11-8(12)7-1-5-2-9-4-10-6(5)3-13-7/h2,4,7H,1,3H2,(H,11,12). The van der Waals surface area contributed by atoms with Gasteiger partial charge < -0.3 is 5.11 Å².